The van der Waals surface area contributed by atoms with Gasteiger partial charge in [-0.25, -0.2) is 4.79 Å². The molecule has 0 fully saturated rings. The summed E-state index contributed by atoms with van der Waals surface area (Å²) in [6.07, 6.45) is 9.92. The van der Waals surface area contributed by atoms with Crippen molar-refractivity contribution in [3.8, 4) is 0 Å². The molecule has 1 aromatic carbocycles. The minimum Gasteiger partial charge on any atom is -0.478 e. The third-order valence-corrected chi connectivity index (χ3v) is 4.87. The fraction of sp³-hybridized carbons (Fsp3) is 0.409. The third kappa shape index (κ3) is 6.19. The number of aliphatic hydroxyl groups excluding tert-OH is 1. The number of carboxylic acid groups (broad SMARTS) is 1. The quantitative estimate of drug-likeness (QED) is 0.772. The van der Waals surface area contributed by atoms with Gasteiger partial charge in [-0.05, 0) is 62.3 Å². The molecule has 140 valence electrons. The molecule has 0 radical (unpaired) electrons. The molecule has 0 saturated heterocycles. The number of nitrogens with zero attached hydrogens (tertiary/aromatic N) is 1. The van der Waals surface area contributed by atoms with Gasteiger partial charge in [-0.15, -0.1) is 0 Å². The summed E-state index contributed by atoms with van der Waals surface area (Å²) in [6, 6.07) is 12.9. The first-order valence-corrected chi connectivity index (χ1v) is 9.20. The van der Waals surface area contributed by atoms with Crippen molar-refractivity contribution in [1.82, 2.24) is 4.57 Å². The molecule has 1 heterocycles. The first kappa shape index (κ1) is 20.0. The molecule has 0 spiro atoms. The molecule has 0 aliphatic heterocycles. The summed E-state index contributed by atoms with van der Waals surface area (Å²) in [5.74, 6) is 0.127. The van der Waals surface area contributed by atoms with Gasteiger partial charge in [-0.2, -0.15) is 0 Å². The van der Waals surface area contributed by atoms with Crippen LogP contribution in [0.4, 0.5) is 0 Å². The molecule has 1 aliphatic carbocycles. The van der Waals surface area contributed by atoms with Gasteiger partial charge in [0.1, 0.15) is 0 Å². The number of fused-ring (bicyclic) bond motifs is 1. The number of hydrogen-bond acceptors (Lipinski definition) is 2. The Morgan fingerprint density at radius 3 is 2.19 bits per heavy atom. The fourth-order valence-electron chi connectivity index (χ4n) is 3.57. The van der Waals surface area contributed by atoms with E-state index in [9.17, 15) is 9.90 Å². The van der Waals surface area contributed by atoms with E-state index in [-0.39, 0.29) is 6.10 Å². The molecular formula is C22H29NO3. The smallest absolute Gasteiger partial charge is 0.327 e. The highest BCUT2D eigenvalue weighted by molar-refractivity contribution is 5.79. The van der Waals surface area contributed by atoms with Gasteiger partial charge < -0.3 is 14.8 Å². The highest BCUT2D eigenvalue weighted by atomic mass is 16.4. The lowest BCUT2D eigenvalue weighted by molar-refractivity contribution is -0.131. The van der Waals surface area contributed by atoms with E-state index < -0.39 is 5.97 Å². The fourth-order valence-corrected chi connectivity index (χ4v) is 3.57. The van der Waals surface area contributed by atoms with Gasteiger partial charge in [0.25, 0.3) is 0 Å². The Morgan fingerprint density at radius 1 is 1.19 bits per heavy atom. The van der Waals surface area contributed by atoms with E-state index >= 15 is 0 Å². The third-order valence-electron chi connectivity index (χ3n) is 4.87. The lowest BCUT2D eigenvalue weighted by Gasteiger charge is -2.23. The highest BCUT2D eigenvalue weighted by Gasteiger charge is 2.26. The van der Waals surface area contributed by atoms with Crippen molar-refractivity contribution in [1.29, 1.82) is 0 Å². The maximum atomic E-state index is 10.1. The van der Waals surface area contributed by atoms with E-state index in [1.165, 1.54) is 30.0 Å². The van der Waals surface area contributed by atoms with Crippen molar-refractivity contribution >= 4 is 5.97 Å². The monoisotopic (exact) mass is 355 g/mol. The van der Waals surface area contributed by atoms with Crippen molar-refractivity contribution < 1.29 is 15.0 Å². The Morgan fingerprint density at radius 2 is 1.77 bits per heavy atom. The van der Waals surface area contributed by atoms with Crippen LogP contribution in [0.15, 0.2) is 60.9 Å². The van der Waals surface area contributed by atoms with Crippen LogP contribution in [0.3, 0.4) is 0 Å². The molecule has 4 heteroatoms. The molecule has 2 N–H and O–H groups in total. The van der Waals surface area contributed by atoms with Crippen LogP contribution < -0.4 is 0 Å². The first-order valence-electron chi connectivity index (χ1n) is 9.20. The second kappa shape index (κ2) is 9.97. The van der Waals surface area contributed by atoms with E-state index in [0.29, 0.717) is 11.8 Å². The topological polar surface area (TPSA) is 62.5 Å². The number of rotatable bonds is 6. The number of carboxylic acids is 1. The Labute approximate surface area is 155 Å². The van der Waals surface area contributed by atoms with Crippen LogP contribution in [0, 0.1) is 11.8 Å². The predicted octanol–water partition coefficient (Wildman–Crippen LogP) is 3.94. The lowest BCUT2D eigenvalue weighted by atomic mass is 9.89. The molecule has 2 aromatic rings. The minimum atomic E-state index is -0.891. The summed E-state index contributed by atoms with van der Waals surface area (Å²) in [4.78, 5) is 9.51. The Hall–Kier alpha value is -2.33. The van der Waals surface area contributed by atoms with Gasteiger partial charge in [0.15, 0.2) is 0 Å². The predicted molar refractivity (Wildman–Crippen MR) is 104 cm³/mol. The van der Waals surface area contributed by atoms with E-state index in [1.54, 1.807) is 6.92 Å². The number of hydrogen-bond donors (Lipinski definition) is 2. The summed E-state index contributed by atoms with van der Waals surface area (Å²) in [5, 5.41) is 17.9. The summed E-state index contributed by atoms with van der Waals surface area (Å²) < 4.78 is 2.18. The van der Waals surface area contributed by atoms with E-state index in [2.05, 4.69) is 41.2 Å². The molecule has 0 saturated carbocycles. The van der Waals surface area contributed by atoms with Crippen LogP contribution in [0.25, 0.3) is 0 Å². The molecule has 0 unspecified atom stereocenters. The van der Waals surface area contributed by atoms with Crippen molar-refractivity contribution in [2.45, 2.75) is 45.8 Å². The van der Waals surface area contributed by atoms with Gasteiger partial charge in [0, 0.05) is 30.9 Å². The van der Waals surface area contributed by atoms with Crippen LogP contribution in [0.2, 0.25) is 0 Å². The van der Waals surface area contributed by atoms with Gasteiger partial charge in [0.05, 0.1) is 6.10 Å². The standard InChI is InChI=1S/C18H23NO.C4H6O2/c1-14(20)18(13-19-8-4-5-9-19)12-15-10-16-6-2-3-7-17(16)11-15;1-2-3-4(5)6/h2-9,14-15,18,20H,10-13H2,1H3;2-3H,1H3,(H,5,6)/b;3-2+/t14-,18+;/m1./s1. The van der Waals surface area contributed by atoms with Crippen molar-refractivity contribution in [3.05, 3.63) is 72.1 Å². The number of aliphatic hydroxyl groups is 1. The molecule has 1 aromatic heterocycles. The molecule has 26 heavy (non-hydrogen) atoms. The highest BCUT2D eigenvalue weighted by Crippen LogP contribution is 2.32. The largest absolute Gasteiger partial charge is 0.478 e. The number of allylic oxidation sites excluding steroid dienone is 1. The minimum absolute atomic E-state index is 0.249. The molecule has 0 bridgehead atoms. The van der Waals surface area contributed by atoms with Crippen LogP contribution in [0.1, 0.15) is 31.4 Å². The second-order valence-corrected chi connectivity index (χ2v) is 7.00. The van der Waals surface area contributed by atoms with Crippen molar-refractivity contribution in [2.24, 2.45) is 11.8 Å². The SMILES string of the molecule is C/C=C/C(=O)O.C[C@@H](O)[C@@H](CC1Cc2ccccc2C1)Cn1cccc1. The molecule has 2 atom stereocenters. The maximum absolute atomic E-state index is 10.1. The Kier molecular flexibility index (Phi) is 7.67. The van der Waals surface area contributed by atoms with Gasteiger partial charge >= 0.3 is 5.97 Å². The molecule has 4 nitrogen and oxygen atoms in total. The van der Waals surface area contributed by atoms with Crippen molar-refractivity contribution in [3.63, 3.8) is 0 Å². The summed E-state index contributed by atoms with van der Waals surface area (Å²) in [7, 11) is 0. The number of aliphatic carboxylic acids is 1. The zero-order chi connectivity index (χ0) is 18.9. The summed E-state index contributed by atoms with van der Waals surface area (Å²) >= 11 is 0. The van der Waals surface area contributed by atoms with Crippen LogP contribution in [0.5, 0.6) is 0 Å². The number of aromatic nitrogens is 1. The normalized spacial score (nSPS) is 16.0. The van der Waals surface area contributed by atoms with E-state index in [1.807, 2.05) is 19.1 Å². The first-order chi connectivity index (χ1) is 12.5. The molecule has 3 rings (SSSR count). The van der Waals surface area contributed by atoms with Crippen molar-refractivity contribution in [2.75, 3.05) is 0 Å². The average molecular weight is 355 g/mol. The lowest BCUT2D eigenvalue weighted by Crippen LogP contribution is -2.25. The Bertz CT molecular complexity index is 679. The number of benzene rings is 1. The average Bonchev–Trinajstić information content (AvgIpc) is 3.23. The maximum Gasteiger partial charge on any atom is 0.327 e. The zero-order valence-electron chi connectivity index (χ0n) is 15.6. The molecule has 0 amide bonds. The van der Waals surface area contributed by atoms with Gasteiger partial charge in [-0.3, -0.25) is 0 Å². The molecule has 1 aliphatic rings. The molecular weight excluding hydrogens is 326 g/mol. The van der Waals surface area contributed by atoms with Gasteiger partial charge in [-0.1, -0.05) is 30.3 Å². The summed E-state index contributed by atoms with van der Waals surface area (Å²) in [5.41, 5.74) is 3.01. The van der Waals surface area contributed by atoms with Crippen LogP contribution >= 0.6 is 0 Å². The van der Waals surface area contributed by atoms with E-state index in [4.69, 9.17) is 5.11 Å². The second-order valence-electron chi connectivity index (χ2n) is 7.00. The number of carbonyl (C=O) groups is 1. The van der Waals surface area contributed by atoms with Crippen LogP contribution in [-0.4, -0.2) is 26.9 Å². The Balaban J connectivity index is 0.000000352. The van der Waals surface area contributed by atoms with E-state index in [0.717, 1.165) is 19.0 Å². The van der Waals surface area contributed by atoms with Gasteiger partial charge in [0.2, 0.25) is 0 Å². The van der Waals surface area contributed by atoms with Crippen LogP contribution in [-0.2, 0) is 24.2 Å². The summed E-state index contributed by atoms with van der Waals surface area (Å²) in [6.45, 7) is 4.50. The zero-order valence-corrected chi connectivity index (χ0v) is 15.6.